The molecule has 0 aromatic heterocycles. The van der Waals surface area contributed by atoms with E-state index >= 15 is 0 Å². The van der Waals surface area contributed by atoms with E-state index in [2.05, 4.69) is 10.1 Å². The van der Waals surface area contributed by atoms with Crippen molar-refractivity contribution >= 4 is 5.97 Å². The van der Waals surface area contributed by atoms with Crippen LogP contribution in [0.15, 0.2) is 24.3 Å². The standard InChI is InChI=1S/C15H20F3NO4/c1-11(9-14(20)21-2)19-7-8-22-12-5-3-4-6-13(12)23-10-15(16,17)18/h3-6,11,19H,7-10H2,1-2H3/t11-/m1/s1. The van der Waals surface area contributed by atoms with Crippen LogP contribution in [0.3, 0.4) is 0 Å². The molecule has 1 N–H and O–H groups in total. The fraction of sp³-hybridized carbons (Fsp3) is 0.533. The second-order valence-electron chi connectivity index (χ2n) is 4.83. The smallest absolute Gasteiger partial charge is 0.422 e. The van der Waals surface area contributed by atoms with Gasteiger partial charge in [0.15, 0.2) is 18.1 Å². The number of benzene rings is 1. The lowest BCUT2D eigenvalue weighted by Crippen LogP contribution is -2.32. The number of para-hydroxylation sites is 2. The van der Waals surface area contributed by atoms with Crippen LogP contribution in [-0.2, 0) is 9.53 Å². The first-order valence-corrected chi connectivity index (χ1v) is 7.03. The molecule has 0 saturated heterocycles. The van der Waals surface area contributed by atoms with Crippen molar-refractivity contribution in [1.29, 1.82) is 0 Å². The van der Waals surface area contributed by atoms with Crippen molar-refractivity contribution in [3.05, 3.63) is 24.3 Å². The van der Waals surface area contributed by atoms with Crippen molar-refractivity contribution in [1.82, 2.24) is 5.32 Å². The Labute approximate surface area is 132 Å². The van der Waals surface area contributed by atoms with Crippen molar-refractivity contribution in [3.8, 4) is 11.5 Å². The molecule has 5 nitrogen and oxygen atoms in total. The first-order valence-electron chi connectivity index (χ1n) is 7.03. The van der Waals surface area contributed by atoms with Gasteiger partial charge in [-0.3, -0.25) is 4.79 Å². The van der Waals surface area contributed by atoms with Gasteiger partial charge in [0.05, 0.1) is 13.5 Å². The molecule has 0 unspecified atom stereocenters. The second kappa shape index (κ2) is 9.24. The van der Waals surface area contributed by atoms with Gasteiger partial charge in [-0.1, -0.05) is 12.1 Å². The van der Waals surface area contributed by atoms with Gasteiger partial charge in [-0.25, -0.2) is 0 Å². The lowest BCUT2D eigenvalue weighted by molar-refractivity contribution is -0.153. The van der Waals surface area contributed by atoms with E-state index < -0.39 is 12.8 Å². The summed E-state index contributed by atoms with van der Waals surface area (Å²) in [5, 5.41) is 3.05. The topological polar surface area (TPSA) is 56.8 Å². The van der Waals surface area contributed by atoms with Gasteiger partial charge in [-0.15, -0.1) is 0 Å². The van der Waals surface area contributed by atoms with E-state index in [-0.39, 0.29) is 36.5 Å². The number of rotatable bonds is 9. The highest BCUT2D eigenvalue weighted by atomic mass is 19.4. The summed E-state index contributed by atoms with van der Waals surface area (Å²) in [6, 6.07) is 6.05. The normalized spacial score (nSPS) is 12.6. The van der Waals surface area contributed by atoms with E-state index in [4.69, 9.17) is 9.47 Å². The Kier molecular flexibility index (Phi) is 7.67. The minimum absolute atomic E-state index is 0.0347. The number of methoxy groups -OCH3 is 1. The molecule has 0 aliphatic rings. The Bertz CT molecular complexity index is 494. The third kappa shape index (κ3) is 8.29. The zero-order chi connectivity index (χ0) is 17.3. The molecule has 0 fully saturated rings. The average molecular weight is 335 g/mol. The summed E-state index contributed by atoms with van der Waals surface area (Å²) >= 11 is 0. The van der Waals surface area contributed by atoms with Gasteiger partial charge < -0.3 is 19.5 Å². The number of carbonyl (C=O) groups excluding carboxylic acids is 1. The number of hydrogen-bond donors (Lipinski definition) is 1. The van der Waals surface area contributed by atoms with Crippen LogP contribution in [0.2, 0.25) is 0 Å². The van der Waals surface area contributed by atoms with Crippen molar-refractivity contribution in [2.24, 2.45) is 0 Å². The molecule has 1 rings (SSSR count). The highest BCUT2D eigenvalue weighted by Crippen LogP contribution is 2.28. The van der Waals surface area contributed by atoms with Crippen LogP contribution in [0.1, 0.15) is 13.3 Å². The Morgan fingerprint density at radius 1 is 1.22 bits per heavy atom. The lowest BCUT2D eigenvalue weighted by Gasteiger charge is -2.15. The number of carbonyl (C=O) groups is 1. The van der Waals surface area contributed by atoms with Gasteiger partial charge in [-0.05, 0) is 19.1 Å². The SMILES string of the molecule is COC(=O)C[C@@H](C)NCCOc1ccccc1OCC(F)(F)F. The van der Waals surface area contributed by atoms with Crippen LogP contribution >= 0.6 is 0 Å². The summed E-state index contributed by atoms with van der Waals surface area (Å²) in [6.07, 6.45) is -4.18. The molecular weight excluding hydrogens is 315 g/mol. The minimum atomic E-state index is -4.40. The van der Waals surface area contributed by atoms with E-state index in [0.717, 1.165) is 0 Å². The average Bonchev–Trinajstić information content (AvgIpc) is 2.49. The lowest BCUT2D eigenvalue weighted by atomic mass is 10.2. The number of hydrogen-bond acceptors (Lipinski definition) is 5. The van der Waals surface area contributed by atoms with Gasteiger partial charge in [0, 0.05) is 12.6 Å². The van der Waals surface area contributed by atoms with Gasteiger partial charge in [0.25, 0.3) is 0 Å². The number of esters is 1. The summed E-state index contributed by atoms with van der Waals surface area (Å²) in [7, 11) is 1.32. The number of halogens is 3. The molecule has 0 aliphatic carbocycles. The minimum Gasteiger partial charge on any atom is -0.488 e. The van der Waals surface area contributed by atoms with Crippen LogP contribution in [0.4, 0.5) is 13.2 Å². The number of ether oxygens (including phenoxy) is 3. The first kappa shape index (κ1) is 19.1. The zero-order valence-electron chi connectivity index (χ0n) is 13.0. The van der Waals surface area contributed by atoms with Crippen LogP contribution in [0.25, 0.3) is 0 Å². The number of nitrogens with one attached hydrogen (secondary N) is 1. The maximum atomic E-state index is 12.2. The molecule has 0 amide bonds. The Hall–Kier alpha value is -1.96. The summed E-state index contributed by atoms with van der Waals surface area (Å²) in [6.45, 7) is 1.09. The third-order valence-electron chi connectivity index (χ3n) is 2.79. The monoisotopic (exact) mass is 335 g/mol. The molecule has 23 heavy (non-hydrogen) atoms. The summed E-state index contributed by atoms with van der Waals surface area (Å²) < 4.78 is 51.2. The molecule has 0 heterocycles. The van der Waals surface area contributed by atoms with Crippen LogP contribution in [0.5, 0.6) is 11.5 Å². The number of alkyl halides is 3. The van der Waals surface area contributed by atoms with E-state index in [1.165, 1.54) is 19.2 Å². The molecule has 0 saturated carbocycles. The summed E-state index contributed by atoms with van der Waals surface area (Å²) in [5.74, 6) is -0.0524. The highest BCUT2D eigenvalue weighted by Gasteiger charge is 2.28. The van der Waals surface area contributed by atoms with E-state index in [1.54, 1.807) is 12.1 Å². The van der Waals surface area contributed by atoms with Crippen LogP contribution < -0.4 is 14.8 Å². The molecule has 0 radical (unpaired) electrons. The fourth-order valence-electron chi connectivity index (χ4n) is 1.72. The molecule has 0 bridgehead atoms. The molecule has 8 heteroatoms. The second-order valence-corrected chi connectivity index (χ2v) is 4.83. The Morgan fingerprint density at radius 2 is 1.83 bits per heavy atom. The quantitative estimate of drug-likeness (QED) is 0.555. The predicted molar refractivity (Wildman–Crippen MR) is 77.6 cm³/mol. The van der Waals surface area contributed by atoms with E-state index in [0.29, 0.717) is 6.54 Å². The highest BCUT2D eigenvalue weighted by molar-refractivity contribution is 5.69. The third-order valence-corrected chi connectivity index (χ3v) is 2.79. The van der Waals surface area contributed by atoms with Gasteiger partial charge in [0.1, 0.15) is 6.61 Å². The fourth-order valence-corrected chi connectivity index (χ4v) is 1.72. The predicted octanol–water partition coefficient (Wildman–Crippen LogP) is 2.55. The molecule has 0 spiro atoms. The Balaban J connectivity index is 2.38. The van der Waals surface area contributed by atoms with Crippen molar-refractivity contribution < 1.29 is 32.2 Å². The van der Waals surface area contributed by atoms with E-state index in [9.17, 15) is 18.0 Å². The molecule has 0 aliphatic heterocycles. The van der Waals surface area contributed by atoms with Crippen molar-refractivity contribution in [2.75, 3.05) is 26.9 Å². The van der Waals surface area contributed by atoms with Gasteiger partial charge >= 0.3 is 12.1 Å². The molecule has 130 valence electrons. The van der Waals surface area contributed by atoms with Crippen LogP contribution in [-0.4, -0.2) is 45.1 Å². The first-order chi connectivity index (χ1) is 10.8. The van der Waals surface area contributed by atoms with Gasteiger partial charge in [0.2, 0.25) is 0 Å². The van der Waals surface area contributed by atoms with Crippen molar-refractivity contribution in [3.63, 3.8) is 0 Å². The molecule has 1 aromatic carbocycles. The van der Waals surface area contributed by atoms with E-state index in [1.807, 2.05) is 6.92 Å². The summed E-state index contributed by atoms with van der Waals surface area (Å²) in [4.78, 5) is 11.1. The van der Waals surface area contributed by atoms with Gasteiger partial charge in [-0.2, -0.15) is 13.2 Å². The van der Waals surface area contributed by atoms with Crippen molar-refractivity contribution in [2.45, 2.75) is 25.6 Å². The molecule has 1 atom stereocenters. The maximum absolute atomic E-state index is 12.2. The van der Waals surface area contributed by atoms with Crippen LogP contribution in [0, 0.1) is 0 Å². The summed E-state index contributed by atoms with van der Waals surface area (Å²) in [5.41, 5.74) is 0. The molecule has 1 aromatic rings. The maximum Gasteiger partial charge on any atom is 0.422 e. The zero-order valence-corrected chi connectivity index (χ0v) is 13.0. The largest absolute Gasteiger partial charge is 0.488 e. The molecular formula is C15H20F3NO4. The Morgan fingerprint density at radius 3 is 2.39 bits per heavy atom.